The quantitative estimate of drug-likeness (QED) is 0.902. The van der Waals surface area contributed by atoms with Gasteiger partial charge in [-0.05, 0) is 49.9 Å². The molecule has 2 fully saturated rings. The van der Waals surface area contributed by atoms with Crippen molar-refractivity contribution in [3.63, 3.8) is 0 Å². The molecule has 1 amide bonds. The molecule has 4 heteroatoms. The first-order chi connectivity index (χ1) is 10.3. The molecule has 1 unspecified atom stereocenters. The Bertz CT molecular complexity index is 460. The Kier molecular flexibility index (Phi) is 4.88. The average molecular weight is 288 g/mol. The van der Waals surface area contributed by atoms with Crippen molar-refractivity contribution in [2.45, 2.75) is 44.9 Å². The highest BCUT2D eigenvalue weighted by Gasteiger charge is 2.22. The topological polar surface area (TPSA) is 41.6 Å². The highest BCUT2D eigenvalue weighted by Crippen LogP contribution is 2.14. The lowest BCUT2D eigenvalue weighted by molar-refractivity contribution is -0.130. The molecule has 0 saturated carbocycles. The van der Waals surface area contributed by atoms with Crippen LogP contribution in [0.25, 0.3) is 0 Å². The van der Waals surface area contributed by atoms with Gasteiger partial charge in [0, 0.05) is 19.7 Å². The van der Waals surface area contributed by atoms with E-state index in [4.69, 9.17) is 4.74 Å². The minimum atomic E-state index is -0.237. The van der Waals surface area contributed by atoms with E-state index in [1.54, 1.807) is 0 Å². The fourth-order valence-electron chi connectivity index (χ4n) is 3.05. The molecule has 0 radical (unpaired) electrons. The zero-order valence-electron chi connectivity index (χ0n) is 12.5. The SMILES string of the molecule is O=C(NCc1ccc(CN2CCCC2)cc1)C1CCCO1. The van der Waals surface area contributed by atoms with Crippen LogP contribution in [-0.2, 0) is 22.6 Å². The van der Waals surface area contributed by atoms with E-state index in [2.05, 4.69) is 34.5 Å². The molecule has 2 aliphatic heterocycles. The monoisotopic (exact) mass is 288 g/mol. The van der Waals surface area contributed by atoms with Gasteiger partial charge in [0.25, 0.3) is 0 Å². The third kappa shape index (κ3) is 4.05. The maximum Gasteiger partial charge on any atom is 0.249 e. The Morgan fingerprint density at radius 1 is 1.14 bits per heavy atom. The van der Waals surface area contributed by atoms with Crippen LogP contribution < -0.4 is 5.32 Å². The molecule has 2 heterocycles. The van der Waals surface area contributed by atoms with Crippen molar-refractivity contribution in [1.82, 2.24) is 10.2 Å². The van der Waals surface area contributed by atoms with Crippen molar-refractivity contribution < 1.29 is 9.53 Å². The number of hydrogen-bond acceptors (Lipinski definition) is 3. The van der Waals surface area contributed by atoms with Gasteiger partial charge in [0.1, 0.15) is 6.10 Å². The van der Waals surface area contributed by atoms with Crippen molar-refractivity contribution in [3.8, 4) is 0 Å². The first-order valence-corrected chi connectivity index (χ1v) is 8.01. The number of carbonyl (C=O) groups is 1. The Balaban J connectivity index is 1.46. The van der Waals surface area contributed by atoms with Gasteiger partial charge in [0.05, 0.1) is 0 Å². The summed E-state index contributed by atoms with van der Waals surface area (Å²) < 4.78 is 5.38. The van der Waals surface area contributed by atoms with Crippen LogP contribution in [0.5, 0.6) is 0 Å². The molecule has 0 aromatic heterocycles. The Labute approximate surface area is 126 Å². The number of ether oxygens (including phenoxy) is 1. The number of amides is 1. The van der Waals surface area contributed by atoms with E-state index in [-0.39, 0.29) is 12.0 Å². The van der Waals surface area contributed by atoms with Crippen molar-refractivity contribution in [2.24, 2.45) is 0 Å². The van der Waals surface area contributed by atoms with Gasteiger partial charge in [0.2, 0.25) is 5.91 Å². The predicted molar refractivity (Wildman–Crippen MR) is 81.8 cm³/mol. The lowest BCUT2D eigenvalue weighted by atomic mass is 10.1. The van der Waals surface area contributed by atoms with Crippen LogP contribution in [0.15, 0.2) is 24.3 Å². The molecular formula is C17H24N2O2. The molecule has 21 heavy (non-hydrogen) atoms. The van der Waals surface area contributed by atoms with Crippen molar-refractivity contribution in [1.29, 1.82) is 0 Å². The molecule has 3 rings (SSSR count). The van der Waals surface area contributed by atoms with Crippen LogP contribution in [0.2, 0.25) is 0 Å². The number of nitrogens with zero attached hydrogens (tertiary/aromatic N) is 1. The molecule has 1 atom stereocenters. The van der Waals surface area contributed by atoms with Crippen molar-refractivity contribution in [2.75, 3.05) is 19.7 Å². The predicted octanol–water partition coefficient (Wildman–Crippen LogP) is 2.08. The van der Waals surface area contributed by atoms with Gasteiger partial charge in [-0.15, -0.1) is 0 Å². The van der Waals surface area contributed by atoms with Gasteiger partial charge in [0.15, 0.2) is 0 Å². The fourth-order valence-corrected chi connectivity index (χ4v) is 3.05. The van der Waals surface area contributed by atoms with Crippen molar-refractivity contribution in [3.05, 3.63) is 35.4 Å². The Hall–Kier alpha value is -1.39. The largest absolute Gasteiger partial charge is 0.368 e. The molecule has 0 bridgehead atoms. The van der Waals surface area contributed by atoms with Gasteiger partial charge in [-0.25, -0.2) is 0 Å². The minimum Gasteiger partial charge on any atom is -0.368 e. The summed E-state index contributed by atoms with van der Waals surface area (Å²) in [6, 6.07) is 8.57. The lowest BCUT2D eigenvalue weighted by Gasteiger charge is -2.15. The summed E-state index contributed by atoms with van der Waals surface area (Å²) >= 11 is 0. The molecule has 1 aromatic carbocycles. The molecule has 0 aliphatic carbocycles. The summed E-state index contributed by atoms with van der Waals surface area (Å²) in [5.74, 6) is 0.0219. The number of benzene rings is 1. The fraction of sp³-hybridized carbons (Fsp3) is 0.588. The van der Waals surface area contributed by atoms with Crippen LogP contribution in [0.1, 0.15) is 36.8 Å². The van der Waals surface area contributed by atoms with Crippen LogP contribution in [-0.4, -0.2) is 36.6 Å². The molecular weight excluding hydrogens is 264 g/mol. The average Bonchev–Trinajstić information content (AvgIpc) is 3.19. The smallest absolute Gasteiger partial charge is 0.249 e. The molecule has 0 spiro atoms. The number of carbonyl (C=O) groups excluding carboxylic acids is 1. The van der Waals surface area contributed by atoms with E-state index in [9.17, 15) is 4.79 Å². The first-order valence-electron chi connectivity index (χ1n) is 8.01. The number of nitrogens with one attached hydrogen (secondary N) is 1. The highest BCUT2D eigenvalue weighted by molar-refractivity contribution is 5.80. The first kappa shape index (κ1) is 14.5. The van der Waals surface area contributed by atoms with Gasteiger partial charge >= 0.3 is 0 Å². The lowest BCUT2D eigenvalue weighted by Crippen LogP contribution is -2.33. The van der Waals surface area contributed by atoms with Gasteiger partial charge in [-0.3, -0.25) is 9.69 Å². The Morgan fingerprint density at radius 2 is 1.86 bits per heavy atom. The number of likely N-dealkylation sites (tertiary alicyclic amines) is 1. The van der Waals surface area contributed by atoms with Crippen LogP contribution in [0, 0.1) is 0 Å². The van der Waals surface area contributed by atoms with Gasteiger partial charge in [-0.1, -0.05) is 24.3 Å². The van der Waals surface area contributed by atoms with Crippen molar-refractivity contribution >= 4 is 5.91 Å². The van der Waals surface area contributed by atoms with E-state index < -0.39 is 0 Å². The second kappa shape index (κ2) is 7.05. The minimum absolute atomic E-state index is 0.0219. The van der Waals surface area contributed by atoms with Crippen LogP contribution in [0.3, 0.4) is 0 Å². The van der Waals surface area contributed by atoms with Gasteiger partial charge < -0.3 is 10.1 Å². The second-order valence-electron chi connectivity index (χ2n) is 6.02. The van der Waals surface area contributed by atoms with E-state index in [1.165, 1.54) is 31.5 Å². The second-order valence-corrected chi connectivity index (χ2v) is 6.02. The molecule has 2 saturated heterocycles. The summed E-state index contributed by atoms with van der Waals surface area (Å²) in [6.07, 6.45) is 4.25. The summed E-state index contributed by atoms with van der Waals surface area (Å²) in [5, 5.41) is 2.96. The third-order valence-corrected chi connectivity index (χ3v) is 4.32. The number of hydrogen-bond donors (Lipinski definition) is 1. The zero-order chi connectivity index (χ0) is 14.5. The summed E-state index contributed by atoms with van der Waals surface area (Å²) in [6.45, 7) is 4.78. The standard InChI is InChI=1S/C17H24N2O2/c20-17(16-4-3-11-21-16)18-12-14-5-7-15(8-6-14)13-19-9-1-2-10-19/h5-8,16H,1-4,9-13H2,(H,18,20). The maximum atomic E-state index is 11.9. The molecule has 1 N–H and O–H groups in total. The third-order valence-electron chi connectivity index (χ3n) is 4.32. The molecule has 114 valence electrons. The van der Waals surface area contributed by atoms with E-state index >= 15 is 0 Å². The molecule has 4 nitrogen and oxygen atoms in total. The number of rotatable bonds is 5. The Morgan fingerprint density at radius 3 is 2.52 bits per heavy atom. The van der Waals surface area contributed by atoms with E-state index in [0.717, 1.165) is 24.9 Å². The molecule has 2 aliphatic rings. The maximum absolute atomic E-state index is 11.9. The normalized spacial score (nSPS) is 22.6. The zero-order valence-corrected chi connectivity index (χ0v) is 12.5. The van der Waals surface area contributed by atoms with Crippen LogP contribution >= 0.6 is 0 Å². The van der Waals surface area contributed by atoms with E-state index in [0.29, 0.717) is 13.2 Å². The summed E-state index contributed by atoms with van der Waals surface area (Å²) in [5.41, 5.74) is 2.50. The molecule has 1 aromatic rings. The van der Waals surface area contributed by atoms with Crippen LogP contribution in [0.4, 0.5) is 0 Å². The van der Waals surface area contributed by atoms with Gasteiger partial charge in [-0.2, -0.15) is 0 Å². The highest BCUT2D eigenvalue weighted by atomic mass is 16.5. The summed E-state index contributed by atoms with van der Waals surface area (Å²) in [4.78, 5) is 14.4. The summed E-state index contributed by atoms with van der Waals surface area (Å²) in [7, 11) is 0. The van der Waals surface area contributed by atoms with E-state index in [1.807, 2.05) is 0 Å².